The molecule has 0 aliphatic rings. The molecule has 4 N–H and O–H groups in total. The summed E-state index contributed by atoms with van der Waals surface area (Å²) in [6, 6.07) is 0. The van der Waals surface area contributed by atoms with Gasteiger partial charge < -0.3 is 16.4 Å². The van der Waals surface area contributed by atoms with Crippen LogP contribution in [0.25, 0.3) is 0 Å². The number of rotatable bonds is 8. The zero-order chi connectivity index (χ0) is 9.23. The summed E-state index contributed by atoms with van der Waals surface area (Å²) in [5.74, 6) is 0. The molecule has 0 saturated carbocycles. The summed E-state index contributed by atoms with van der Waals surface area (Å²) in [4.78, 5) is 0. The number of hydrogen-bond acceptors (Lipinski definition) is 3. The first-order valence-corrected chi connectivity index (χ1v) is 4.27. The highest BCUT2D eigenvalue weighted by Crippen LogP contribution is 1.86. The van der Waals surface area contributed by atoms with Gasteiger partial charge in [-0.2, -0.15) is 0 Å². The van der Waals surface area contributed by atoms with Gasteiger partial charge in [0.05, 0.1) is 0 Å². The van der Waals surface area contributed by atoms with E-state index in [2.05, 4.69) is 23.8 Å². The first-order valence-electron chi connectivity index (χ1n) is 4.27. The molecule has 0 bridgehead atoms. The Balaban J connectivity index is 3.00. The van der Waals surface area contributed by atoms with Gasteiger partial charge >= 0.3 is 0 Å². The summed E-state index contributed by atoms with van der Waals surface area (Å²) in [5, 5.41) is 6.18. The molecule has 3 nitrogen and oxygen atoms in total. The van der Waals surface area contributed by atoms with Crippen LogP contribution >= 0.6 is 0 Å². The van der Waals surface area contributed by atoms with Crippen LogP contribution in [0.4, 0.5) is 0 Å². The summed E-state index contributed by atoms with van der Waals surface area (Å²) in [5.41, 5.74) is 6.26. The van der Waals surface area contributed by atoms with E-state index in [4.69, 9.17) is 5.73 Å². The lowest BCUT2D eigenvalue weighted by Gasteiger charge is -2.06. The molecule has 0 aromatic carbocycles. The summed E-state index contributed by atoms with van der Waals surface area (Å²) >= 11 is 0. The maximum Gasteiger partial charge on any atom is 0.0322 e. The van der Waals surface area contributed by atoms with E-state index in [9.17, 15) is 0 Å². The normalized spacial score (nSPS) is 9.08. The maximum absolute atomic E-state index is 5.35. The largest absolute Gasteiger partial charge is 0.391 e. The minimum atomic E-state index is 0.519. The van der Waals surface area contributed by atoms with Crippen LogP contribution in [-0.2, 0) is 0 Å². The van der Waals surface area contributed by atoms with Gasteiger partial charge in [0.2, 0.25) is 0 Å². The monoisotopic (exact) mass is 169 g/mol. The van der Waals surface area contributed by atoms with E-state index >= 15 is 0 Å². The van der Waals surface area contributed by atoms with Gasteiger partial charge in [-0.15, -0.1) is 0 Å². The maximum atomic E-state index is 5.35. The van der Waals surface area contributed by atoms with E-state index < -0.39 is 0 Å². The molecule has 0 unspecified atom stereocenters. The third-order valence-corrected chi connectivity index (χ3v) is 1.51. The fourth-order valence-corrected chi connectivity index (χ4v) is 0.791. The molecule has 0 fully saturated rings. The third-order valence-electron chi connectivity index (χ3n) is 1.51. The van der Waals surface area contributed by atoms with Crippen LogP contribution < -0.4 is 16.4 Å². The van der Waals surface area contributed by atoms with Crippen LogP contribution in [0.3, 0.4) is 0 Å². The van der Waals surface area contributed by atoms with E-state index in [0.717, 1.165) is 31.6 Å². The van der Waals surface area contributed by atoms with Gasteiger partial charge in [0.25, 0.3) is 0 Å². The van der Waals surface area contributed by atoms with Crippen molar-refractivity contribution in [3.63, 3.8) is 0 Å². The number of nitrogens with one attached hydrogen (secondary N) is 2. The minimum absolute atomic E-state index is 0.519. The van der Waals surface area contributed by atoms with Crippen molar-refractivity contribution in [2.45, 2.75) is 12.8 Å². The second-order valence-electron chi connectivity index (χ2n) is 2.60. The van der Waals surface area contributed by atoms with Gasteiger partial charge in [0.1, 0.15) is 0 Å². The molecule has 0 amide bonds. The molecular formula is C9H19N3. The molecule has 3 heteroatoms. The van der Waals surface area contributed by atoms with Crippen molar-refractivity contribution in [2.24, 2.45) is 5.73 Å². The van der Waals surface area contributed by atoms with Gasteiger partial charge in [-0.3, -0.25) is 0 Å². The van der Waals surface area contributed by atoms with Crippen LogP contribution in [0.1, 0.15) is 12.8 Å². The van der Waals surface area contributed by atoms with Gasteiger partial charge in [-0.05, 0) is 19.0 Å². The van der Waals surface area contributed by atoms with Crippen LogP contribution in [0.5, 0.6) is 0 Å². The molecule has 0 aromatic heterocycles. The van der Waals surface area contributed by atoms with Crippen molar-refractivity contribution in [3.05, 3.63) is 25.1 Å². The van der Waals surface area contributed by atoms with Gasteiger partial charge in [-0.25, -0.2) is 0 Å². The summed E-state index contributed by atoms with van der Waals surface area (Å²) < 4.78 is 0. The molecule has 0 aliphatic carbocycles. The zero-order valence-corrected chi connectivity index (χ0v) is 7.60. The van der Waals surface area contributed by atoms with E-state index in [-0.39, 0.29) is 0 Å². The predicted molar refractivity (Wildman–Crippen MR) is 53.6 cm³/mol. The topological polar surface area (TPSA) is 50.1 Å². The first-order chi connectivity index (χ1) is 5.81. The average molecular weight is 169 g/mol. The molecule has 0 radical (unpaired) electrons. The quantitative estimate of drug-likeness (QED) is 0.465. The molecule has 0 rings (SSSR count). The Morgan fingerprint density at radius 1 is 1.33 bits per heavy atom. The molecular weight excluding hydrogens is 150 g/mol. The lowest BCUT2D eigenvalue weighted by atomic mass is 10.3. The summed E-state index contributed by atoms with van der Waals surface area (Å²) in [7, 11) is 0. The van der Waals surface area contributed by atoms with Crippen molar-refractivity contribution in [1.29, 1.82) is 0 Å². The zero-order valence-electron chi connectivity index (χ0n) is 7.60. The van der Waals surface area contributed by atoms with E-state index in [1.54, 1.807) is 6.20 Å². The molecule has 0 heterocycles. The number of nitrogens with two attached hydrogens (primary N) is 1. The third kappa shape index (κ3) is 7.15. The molecule has 0 aliphatic heterocycles. The Bertz CT molecular complexity index is 132. The smallest absolute Gasteiger partial charge is 0.0322 e. The molecule has 0 atom stereocenters. The van der Waals surface area contributed by atoms with Crippen molar-refractivity contribution in [3.8, 4) is 0 Å². The van der Waals surface area contributed by atoms with Crippen LogP contribution in [-0.4, -0.2) is 19.6 Å². The van der Waals surface area contributed by atoms with Crippen molar-refractivity contribution in [2.75, 3.05) is 19.6 Å². The van der Waals surface area contributed by atoms with Gasteiger partial charge in [0.15, 0.2) is 0 Å². The number of hydrogen-bond donors (Lipinski definition) is 3. The Morgan fingerprint density at radius 2 is 2.00 bits per heavy atom. The van der Waals surface area contributed by atoms with Crippen LogP contribution in [0.2, 0.25) is 0 Å². The van der Waals surface area contributed by atoms with Crippen molar-refractivity contribution >= 4 is 0 Å². The minimum Gasteiger partial charge on any atom is -0.391 e. The van der Waals surface area contributed by atoms with Crippen LogP contribution in [0, 0.1) is 0 Å². The molecule has 0 spiro atoms. The van der Waals surface area contributed by atoms with Crippen molar-refractivity contribution in [1.82, 2.24) is 10.6 Å². The average Bonchev–Trinajstić information content (AvgIpc) is 2.10. The first kappa shape index (κ1) is 11.0. The van der Waals surface area contributed by atoms with Crippen molar-refractivity contribution < 1.29 is 0 Å². The second kappa shape index (κ2) is 8.14. The summed E-state index contributed by atoms with van der Waals surface area (Å²) in [6.45, 7) is 9.76. The predicted octanol–water partition coefficient (Wildman–Crippen LogP) is 0.562. The molecule has 12 heavy (non-hydrogen) atoms. The van der Waals surface area contributed by atoms with E-state index in [0.29, 0.717) is 6.54 Å². The Kier molecular flexibility index (Phi) is 7.49. The molecule has 0 aromatic rings. The Morgan fingerprint density at radius 3 is 2.58 bits per heavy atom. The van der Waals surface area contributed by atoms with E-state index in [1.165, 1.54) is 0 Å². The molecule has 70 valence electrons. The highest BCUT2D eigenvalue weighted by atomic mass is 14.9. The lowest BCUT2D eigenvalue weighted by Crippen LogP contribution is -2.21. The van der Waals surface area contributed by atoms with Gasteiger partial charge in [0, 0.05) is 25.3 Å². The lowest BCUT2D eigenvalue weighted by molar-refractivity contribution is 0.653. The Labute approximate surface area is 74.7 Å². The number of unbranched alkanes of at least 4 members (excludes halogenated alkanes) is 1. The molecule has 0 saturated heterocycles. The SMILES string of the molecule is C=CNCCCCNC(=C)CN. The van der Waals surface area contributed by atoms with E-state index in [1.807, 2.05) is 0 Å². The second-order valence-corrected chi connectivity index (χ2v) is 2.60. The standard InChI is InChI=1S/C9H19N3/c1-3-11-6-4-5-7-12-9(2)8-10/h3,11-12H,1-2,4-8,10H2. The fraction of sp³-hybridized carbons (Fsp3) is 0.556. The van der Waals surface area contributed by atoms with Gasteiger partial charge in [-0.1, -0.05) is 13.2 Å². The fourth-order valence-electron chi connectivity index (χ4n) is 0.791. The summed E-state index contributed by atoms with van der Waals surface area (Å²) in [6.07, 6.45) is 3.98. The highest BCUT2D eigenvalue weighted by molar-refractivity contribution is 4.91. The van der Waals surface area contributed by atoms with Crippen LogP contribution in [0.15, 0.2) is 25.1 Å². The highest BCUT2D eigenvalue weighted by Gasteiger charge is 1.88. The Hall–Kier alpha value is -0.960.